The molecule has 1 heterocycles. The van der Waals surface area contributed by atoms with Crippen molar-refractivity contribution in [3.05, 3.63) is 139 Å². The predicted octanol–water partition coefficient (Wildman–Crippen LogP) is 8.31. The zero-order chi connectivity index (χ0) is 22.0. The van der Waals surface area contributed by atoms with Crippen molar-refractivity contribution in [1.29, 1.82) is 0 Å². The summed E-state index contributed by atoms with van der Waals surface area (Å²) in [7, 11) is 0. The highest BCUT2D eigenvalue weighted by Crippen LogP contribution is 2.37. The van der Waals surface area contributed by atoms with Gasteiger partial charge in [-0.2, -0.15) is 0 Å². The van der Waals surface area contributed by atoms with Crippen LogP contribution in [0.1, 0.15) is 11.1 Å². The third-order valence-corrected chi connectivity index (χ3v) is 6.34. The molecule has 0 aliphatic carbocycles. The van der Waals surface area contributed by atoms with Gasteiger partial charge in [0.15, 0.2) is 0 Å². The molecule has 1 heteroatoms. The first-order valence-corrected chi connectivity index (χ1v) is 11.3. The van der Waals surface area contributed by atoms with E-state index in [1.54, 1.807) is 0 Å². The van der Waals surface area contributed by atoms with E-state index >= 15 is 0 Å². The first-order chi connectivity index (χ1) is 16.3. The number of hydrogen-bond acceptors (Lipinski definition) is 1. The lowest BCUT2D eigenvalue weighted by atomic mass is 9.89. The highest BCUT2D eigenvalue weighted by atomic mass is 14.6. The first-order valence-electron chi connectivity index (χ1n) is 11.3. The smallest absolute Gasteiger partial charge is 0.0273 e. The van der Waals surface area contributed by atoms with Crippen molar-refractivity contribution in [3.63, 3.8) is 0 Å². The van der Waals surface area contributed by atoms with E-state index in [4.69, 9.17) is 0 Å². The number of nitrogens with zero attached hydrogens (tertiary/aromatic N) is 1. The third-order valence-electron chi connectivity index (χ3n) is 6.34. The molecule has 0 saturated heterocycles. The molecule has 0 fully saturated rings. The molecule has 5 aromatic carbocycles. The monoisotopic (exact) mass is 421 g/mol. The van der Waals surface area contributed by atoms with Crippen molar-refractivity contribution in [2.24, 2.45) is 0 Å². The summed E-state index contributed by atoms with van der Waals surface area (Å²) in [6.45, 7) is 0. The lowest BCUT2D eigenvalue weighted by Crippen LogP contribution is -1.92. The third kappa shape index (κ3) is 3.79. The van der Waals surface area contributed by atoms with E-state index < -0.39 is 0 Å². The Bertz CT molecular complexity index is 1570. The van der Waals surface area contributed by atoms with Gasteiger partial charge in [-0.1, -0.05) is 91.0 Å². The molecular weight excluding hydrogens is 398 g/mol. The van der Waals surface area contributed by atoms with E-state index in [0.29, 0.717) is 0 Å². The Hall–Kier alpha value is -4.23. The summed E-state index contributed by atoms with van der Waals surface area (Å²) in [5.74, 6) is 0. The fourth-order valence-corrected chi connectivity index (χ4v) is 4.79. The summed E-state index contributed by atoms with van der Waals surface area (Å²) in [6, 6.07) is 41.6. The Kier molecular flexibility index (Phi) is 4.93. The highest BCUT2D eigenvalue weighted by molar-refractivity contribution is 6.13. The van der Waals surface area contributed by atoms with Crippen LogP contribution in [0.25, 0.3) is 43.8 Å². The summed E-state index contributed by atoms with van der Waals surface area (Å²) in [5, 5.41) is 5.15. The number of rotatable bonds is 4. The fourth-order valence-electron chi connectivity index (χ4n) is 4.79. The lowest BCUT2D eigenvalue weighted by Gasteiger charge is -2.14. The molecule has 0 spiro atoms. The van der Waals surface area contributed by atoms with Gasteiger partial charge in [-0.3, -0.25) is 4.98 Å². The number of fused-ring (bicyclic) bond motifs is 3. The molecule has 1 nitrogen and oxygen atoms in total. The maximum Gasteiger partial charge on any atom is 0.0273 e. The maximum atomic E-state index is 4.22. The van der Waals surface area contributed by atoms with Gasteiger partial charge in [0, 0.05) is 12.4 Å². The van der Waals surface area contributed by atoms with Gasteiger partial charge in [0.05, 0.1) is 0 Å². The Morgan fingerprint density at radius 2 is 1.12 bits per heavy atom. The van der Waals surface area contributed by atoms with Crippen molar-refractivity contribution in [3.8, 4) is 22.3 Å². The van der Waals surface area contributed by atoms with Crippen LogP contribution in [0.15, 0.2) is 128 Å². The van der Waals surface area contributed by atoms with Crippen LogP contribution in [0, 0.1) is 0 Å². The first kappa shape index (κ1) is 19.5. The van der Waals surface area contributed by atoms with Crippen LogP contribution in [0.2, 0.25) is 0 Å². The molecule has 1 aromatic heterocycles. The van der Waals surface area contributed by atoms with Crippen LogP contribution in [0.4, 0.5) is 0 Å². The topological polar surface area (TPSA) is 12.9 Å². The average Bonchev–Trinajstić information content (AvgIpc) is 2.89. The van der Waals surface area contributed by atoms with E-state index in [2.05, 4.69) is 120 Å². The van der Waals surface area contributed by atoms with E-state index in [-0.39, 0.29) is 0 Å². The number of benzene rings is 5. The fraction of sp³-hybridized carbons (Fsp3) is 0.0312. The molecular formula is C32H23N. The molecule has 0 unspecified atom stereocenters. The van der Waals surface area contributed by atoms with Crippen molar-refractivity contribution in [1.82, 2.24) is 4.98 Å². The van der Waals surface area contributed by atoms with Gasteiger partial charge in [-0.05, 0) is 85.6 Å². The molecule has 0 N–H and O–H groups in total. The second kappa shape index (κ2) is 8.37. The number of hydrogen-bond donors (Lipinski definition) is 0. The van der Waals surface area contributed by atoms with Gasteiger partial charge in [-0.15, -0.1) is 0 Å². The van der Waals surface area contributed by atoms with Crippen LogP contribution in [0.3, 0.4) is 0 Å². The molecule has 0 atom stereocenters. The Labute approximate surface area is 194 Å². The molecule has 0 amide bonds. The van der Waals surface area contributed by atoms with Crippen LogP contribution >= 0.6 is 0 Å². The van der Waals surface area contributed by atoms with Crippen molar-refractivity contribution in [2.45, 2.75) is 6.42 Å². The lowest BCUT2D eigenvalue weighted by molar-refractivity contribution is 1.19. The number of pyridine rings is 1. The molecule has 33 heavy (non-hydrogen) atoms. The van der Waals surface area contributed by atoms with E-state index in [9.17, 15) is 0 Å². The van der Waals surface area contributed by atoms with Crippen molar-refractivity contribution < 1.29 is 0 Å². The zero-order valence-electron chi connectivity index (χ0n) is 18.3. The minimum atomic E-state index is 0.901. The second-order valence-electron chi connectivity index (χ2n) is 8.51. The normalized spacial score (nSPS) is 11.2. The zero-order valence-corrected chi connectivity index (χ0v) is 18.3. The summed E-state index contributed by atoms with van der Waals surface area (Å²) < 4.78 is 0. The molecule has 0 bridgehead atoms. The van der Waals surface area contributed by atoms with Crippen LogP contribution in [-0.4, -0.2) is 4.98 Å². The van der Waals surface area contributed by atoms with Crippen LogP contribution in [-0.2, 0) is 6.42 Å². The Morgan fingerprint density at radius 3 is 1.94 bits per heavy atom. The summed E-state index contributed by atoms with van der Waals surface area (Å²) in [4.78, 5) is 4.22. The molecule has 156 valence electrons. The van der Waals surface area contributed by atoms with Gasteiger partial charge in [0.25, 0.3) is 0 Å². The minimum Gasteiger partial charge on any atom is -0.265 e. The Balaban J connectivity index is 1.60. The van der Waals surface area contributed by atoms with E-state index in [1.807, 2.05) is 12.4 Å². The predicted molar refractivity (Wildman–Crippen MR) is 139 cm³/mol. The van der Waals surface area contributed by atoms with Gasteiger partial charge in [0.1, 0.15) is 0 Å². The molecule has 0 saturated carbocycles. The van der Waals surface area contributed by atoms with Crippen LogP contribution < -0.4 is 0 Å². The molecule has 0 aliphatic heterocycles. The average molecular weight is 422 g/mol. The molecule has 0 radical (unpaired) electrons. The molecule has 6 aromatic rings. The quantitative estimate of drug-likeness (QED) is 0.261. The van der Waals surface area contributed by atoms with Crippen molar-refractivity contribution >= 4 is 21.5 Å². The number of aromatic nitrogens is 1. The molecule has 0 aliphatic rings. The van der Waals surface area contributed by atoms with Crippen LogP contribution in [0.5, 0.6) is 0 Å². The SMILES string of the molecule is c1ccc(Cc2cc(-c3ccncc3)cc(-c3cc4ccccc4c4ccccc34)c2)cc1. The van der Waals surface area contributed by atoms with Crippen molar-refractivity contribution in [2.75, 3.05) is 0 Å². The second-order valence-corrected chi connectivity index (χ2v) is 8.51. The van der Waals surface area contributed by atoms with Gasteiger partial charge >= 0.3 is 0 Å². The van der Waals surface area contributed by atoms with E-state index in [0.717, 1.165) is 6.42 Å². The molecule has 6 rings (SSSR count). The largest absolute Gasteiger partial charge is 0.265 e. The summed E-state index contributed by atoms with van der Waals surface area (Å²) in [5.41, 5.74) is 7.55. The van der Waals surface area contributed by atoms with Gasteiger partial charge in [-0.25, -0.2) is 0 Å². The van der Waals surface area contributed by atoms with Gasteiger partial charge < -0.3 is 0 Å². The highest BCUT2D eigenvalue weighted by Gasteiger charge is 2.11. The summed E-state index contributed by atoms with van der Waals surface area (Å²) in [6.07, 6.45) is 4.63. The standard InChI is InChI=1S/C32H23N/c1-2-8-23(9-3-1)18-24-19-27(25-14-16-33-17-15-25)21-28(20-24)32-22-26-10-4-5-11-29(26)30-12-6-7-13-31(30)32/h1-17,19-22H,18H2. The maximum absolute atomic E-state index is 4.22. The van der Waals surface area contributed by atoms with Gasteiger partial charge in [0.2, 0.25) is 0 Å². The van der Waals surface area contributed by atoms with E-state index in [1.165, 1.54) is 54.9 Å². The Morgan fingerprint density at radius 1 is 0.455 bits per heavy atom. The minimum absolute atomic E-state index is 0.901. The summed E-state index contributed by atoms with van der Waals surface area (Å²) >= 11 is 0.